The number of halogens is 1. The second-order valence-electron chi connectivity index (χ2n) is 4.00. The number of nitrogens with one attached hydrogen (secondary N) is 1. The van der Waals surface area contributed by atoms with Crippen molar-refractivity contribution in [2.45, 2.75) is 32.2 Å². The second-order valence-corrected chi connectivity index (χ2v) is 4.00. The predicted octanol–water partition coefficient (Wildman–Crippen LogP) is 2.37. The molecular weight excluding hydrogens is 207 g/mol. The number of nitrogens with two attached hydrogens (primary N) is 1. The zero-order valence-corrected chi connectivity index (χ0v) is 9.76. The predicted molar refractivity (Wildman–Crippen MR) is 64.8 cm³/mol. The highest BCUT2D eigenvalue weighted by molar-refractivity contribution is 5.66. The van der Waals surface area contributed by atoms with Crippen LogP contribution in [0.1, 0.15) is 26.7 Å². The van der Waals surface area contributed by atoms with E-state index < -0.39 is 0 Å². The minimum Gasteiger partial charge on any atom is -0.397 e. The van der Waals surface area contributed by atoms with E-state index in [0.29, 0.717) is 11.4 Å². The highest BCUT2D eigenvalue weighted by Gasteiger charge is 2.25. The molecule has 0 aliphatic rings. The van der Waals surface area contributed by atoms with Crippen molar-refractivity contribution in [1.82, 2.24) is 0 Å². The van der Waals surface area contributed by atoms with Gasteiger partial charge in [0.25, 0.3) is 0 Å². The van der Waals surface area contributed by atoms with Crippen molar-refractivity contribution in [2.24, 2.45) is 0 Å². The van der Waals surface area contributed by atoms with Gasteiger partial charge in [-0.2, -0.15) is 0 Å². The first-order chi connectivity index (χ1) is 7.56. The van der Waals surface area contributed by atoms with E-state index in [1.165, 1.54) is 12.1 Å². The summed E-state index contributed by atoms with van der Waals surface area (Å²) in [6.45, 7) is 4.01. The summed E-state index contributed by atoms with van der Waals surface area (Å²) in [6, 6.07) is 4.22. The molecular formula is C12H19FN2O. The van der Waals surface area contributed by atoms with Crippen LogP contribution in [0, 0.1) is 5.82 Å². The summed E-state index contributed by atoms with van der Waals surface area (Å²) in [5.41, 5.74) is 6.35. The molecule has 1 rings (SSSR count). The smallest absolute Gasteiger partial charge is 0.125 e. The summed E-state index contributed by atoms with van der Waals surface area (Å²) >= 11 is 0. The number of aliphatic hydroxyl groups is 1. The molecule has 4 N–H and O–H groups in total. The first-order valence-electron chi connectivity index (χ1n) is 5.51. The molecule has 0 aromatic heterocycles. The monoisotopic (exact) mass is 226 g/mol. The van der Waals surface area contributed by atoms with Gasteiger partial charge >= 0.3 is 0 Å². The topological polar surface area (TPSA) is 58.3 Å². The summed E-state index contributed by atoms with van der Waals surface area (Å²) in [6.07, 6.45) is 1.55. The normalized spacial score (nSPS) is 11.5. The van der Waals surface area contributed by atoms with Crippen LogP contribution < -0.4 is 11.1 Å². The Balaban J connectivity index is 2.93. The Bertz CT molecular complexity index is 343. The van der Waals surface area contributed by atoms with E-state index in [1.807, 2.05) is 13.8 Å². The van der Waals surface area contributed by atoms with E-state index in [4.69, 9.17) is 5.73 Å². The number of aliphatic hydroxyl groups excluding tert-OH is 1. The molecule has 0 amide bonds. The Hall–Kier alpha value is -1.29. The molecule has 3 nitrogen and oxygen atoms in total. The Morgan fingerprint density at radius 1 is 1.38 bits per heavy atom. The van der Waals surface area contributed by atoms with Crippen LogP contribution >= 0.6 is 0 Å². The van der Waals surface area contributed by atoms with Crippen molar-refractivity contribution in [3.63, 3.8) is 0 Å². The van der Waals surface area contributed by atoms with Gasteiger partial charge in [-0.25, -0.2) is 4.39 Å². The van der Waals surface area contributed by atoms with Gasteiger partial charge in [0.2, 0.25) is 0 Å². The minimum absolute atomic E-state index is 0.0246. The number of benzene rings is 1. The third kappa shape index (κ3) is 2.64. The van der Waals surface area contributed by atoms with Crippen LogP contribution in [0.25, 0.3) is 0 Å². The second kappa shape index (κ2) is 5.16. The van der Waals surface area contributed by atoms with Crippen molar-refractivity contribution < 1.29 is 9.50 Å². The fourth-order valence-electron chi connectivity index (χ4n) is 1.62. The van der Waals surface area contributed by atoms with Gasteiger partial charge in [0.15, 0.2) is 0 Å². The molecule has 0 saturated carbocycles. The number of nitrogen functional groups attached to an aromatic ring is 1. The molecule has 1 aromatic rings. The van der Waals surface area contributed by atoms with Gasteiger partial charge in [-0.1, -0.05) is 13.8 Å². The molecule has 0 fully saturated rings. The van der Waals surface area contributed by atoms with Crippen molar-refractivity contribution in [3.05, 3.63) is 24.0 Å². The van der Waals surface area contributed by atoms with E-state index >= 15 is 0 Å². The third-order valence-corrected chi connectivity index (χ3v) is 3.07. The molecule has 16 heavy (non-hydrogen) atoms. The summed E-state index contributed by atoms with van der Waals surface area (Å²) in [7, 11) is 0. The van der Waals surface area contributed by atoms with Crippen LogP contribution in [0.2, 0.25) is 0 Å². The maximum Gasteiger partial charge on any atom is 0.125 e. The van der Waals surface area contributed by atoms with Gasteiger partial charge in [0.05, 0.1) is 23.5 Å². The highest BCUT2D eigenvalue weighted by Crippen LogP contribution is 2.26. The van der Waals surface area contributed by atoms with Crippen molar-refractivity contribution in [3.8, 4) is 0 Å². The zero-order valence-electron chi connectivity index (χ0n) is 9.76. The standard InChI is InChI=1S/C12H19FN2O/c1-3-12(4-2,8-16)15-11-6-5-9(13)7-10(11)14/h5-7,15-16H,3-4,8,14H2,1-2H3. The van der Waals surface area contributed by atoms with Crippen LogP contribution in [0.4, 0.5) is 15.8 Å². The molecule has 4 heteroatoms. The molecule has 0 spiro atoms. The lowest BCUT2D eigenvalue weighted by Crippen LogP contribution is -2.41. The van der Waals surface area contributed by atoms with Crippen LogP contribution in [0.3, 0.4) is 0 Å². The lowest BCUT2D eigenvalue weighted by molar-refractivity contribution is 0.202. The molecule has 0 aliphatic heterocycles. The van der Waals surface area contributed by atoms with Gasteiger partial charge in [0, 0.05) is 0 Å². The Labute approximate surface area is 95.5 Å². The zero-order chi connectivity index (χ0) is 12.2. The summed E-state index contributed by atoms with van der Waals surface area (Å²) in [4.78, 5) is 0. The Morgan fingerprint density at radius 2 is 2.00 bits per heavy atom. The van der Waals surface area contributed by atoms with Crippen molar-refractivity contribution in [2.75, 3.05) is 17.7 Å². The van der Waals surface area contributed by atoms with Crippen LogP contribution in [-0.4, -0.2) is 17.3 Å². The van der Waals surface area contributed by atoms with E-state index in [-0.39, 0.29) is 18.0 Å². The molecule has 0 saturated heterocycles. The van der Waals surface area contributed by atoms with Crippen molar-refractivity contribution >= 4 is 11.4 Å². The maximum atomic E-state index is 12.9. The number of rotatable bonds is 5. The van der Waals surface area contributed by atoms with Crippen LogP contribution in [-0.2, 0) is 0 Å². The SMILES string of the molecule is CCC(CC)(CO)Nc1ccc(F)cc1N. The average molecular weight is 226 g/mol. The molecule has 90 valence electrons. The number of hydrogen-bond acceptors (Lipinski definition) is 3. The van der Waals surface area contributed by atoms with Gasteiger partial charge in [-0.3, -0.25) is 0 Å². The van der Waals surface area contributed by atoms with Crippen LogP contribution in [0.15, 0.2) is 18.2 Å². The molecule has 0 atom stereocenters. The summed E-state index contributed by atoms with van der Waals surface area (Å²) in [5, 5.41) is 12.6. The van der Waals surface area contributed by atoms with Crippen LogP contribution in [0.5, 0.6) is 0 Å². The maximum absolute atomic E-state index is 12.9. The average Bonchev–Trinajstić information content (AvgIpc) is 2.29. The first-order valence-corrected chi connectivity index (χ1v) is 5.51. The summed E-state index contributed by atoms with van der Waals surface area (Å²) in [5.74, 6) is -0.356. The van der Waals surface area contributed by atoms with E-state index in [1.54, 1.807) is 6.07 Å². The Morgan fingerprint density at radius 3 is 2.44 bits per heavy atom. The first kappa shape index (κ1) is 12.8. The van der Waals surface area contributed by atoms with E-state index in [0.717, 1.165) is 12.8 Å². The fraction of sp³-hybridized carbons (Fsp3) is 0.500. The molecule has 0 radical (unpaired) electrons. The molecule has 0 heterocycles. The molecule has 0 aliphatic carbocycles. The van der Waals surface area contributed by atoms with Gasteiger partial charge in [-0.15, -0.1) is 0 Å². The van der Waals surface area contributed by atoms with Gasteiger partial charge < -0.3 is 16.2 Å². The number of anilines is 2. The van der Waals surface area contributed by atoms with E-state index in [9.17, 15) is 9.50 Å². The quantitative estimate of drug-likeness (QED) is 0.675. The lowest BCUT2D eigenvalue weighted by atomic mass is 9.93. The summed E-state index contributed by atoms with van der Waals surface area (Å²) < 4.78 is 12.9. The molecule has 0 unspecified atom stereocenters. The van der Waals surface area contributed by atoms with Gasteiger partial charge in [-0.05, 0) is 31.0 Å². The van der Waals surface area contributed by atoms with E-state index in [2.05, 4.69) is 5.32 Å². The molecule has 1 aromatic carbocycles. The minimum atomic E-state index is -0.383. The van der Waals surface area contributed by atoms with Gasteiger partial charge in [0.1, 0.15) is 5.82 Å². The van der Waals surface area contributed by atoms with Crippen molar-refractivity contribution in [1.29, 1.82) is 0 Å². The Kier molecular flexibility index (Phi) is 4.12. The lowest BCUT2D eigenvalue weighted by Gasteiger charge is -2.32. The fourth-order valence-corrected chi connectivity index (χ4v) is 1.62. The molecule has 0 bridgehead atoms. The largest absolute Gasteiger partial charge is 0.397 e. The highest BCUT2D eigenvalue weighted by atomic mass is 19.1. The number of hydrogen-bond donors (Lipinski definition) is 3. The third-order valence-electron chi connectivity index (χ3n) is 3.07.